The zero-order valence-electron chi connectivity index (χ0n) is 12.0. The first-order valence-electron chi connectivity index (χ1n) is 7.04. The summed E-state index contributed by atoms with van der Waals surface area (Å²) in [5.74, 6) is 1.38. The van der Waals surface area contributed by atoms with Gasteiger partial charge in [0.1, 0.15) is 18.7 Å². The Morgan fingerprint density at radius 1 is 1.18 bits per heavy atom. The highest BCUT2D eigenvalue weighted by atomic mass is 16.5. The normalized spacial score (nSPS) is 12.4. The van der Waals surface area contributed by atoms with Crippen molar-refractivity contribution in [3.05, 3.63) is 60.8 Å². The molecule has 1 unspecified atom stereocenters. The number of aliphatic hydroxyl groups excluding tert-OH is 1. The first-order valence-corrected chi connectivity index (χ1v) is 7.04. The third-order valence-corrected chi connectivity index (χ3v) is 3.10. The largest absolute Gasteiger partial charge is 0.467 e. The molecule has 0 aliphatic carbocycles. The average molecular weight is 299 g/mol. The lowest BCUT2D eigenvalue weighted by Gasteiger charge is -2.10. The van der Waals surface area contributed by atoms with Gasteiger partial charge in [-0.05, 0) is 12.1 Å². The topological polar surface area (TPSA) is 73.3 Å². The highest BCUT2D eigenvalue weighted by Crippen LogP contribution is 2.12. The second-order valence-corrected chi connectivity index (χ2v) is 4.90. The second-order valence-electron chi connectivity index (χ2n) is 4.90. The van der Waals surface area contributed by atoms with E-state index in [0.717, 1.165) is 11.3 Å². The van der Waals surface area contributed by atoms with Gasteiger partial charge in [-0.15, -0.1) is 0 Å². The van der Waals surface area contributed by atoms with Crippen molar-refractivity contribution in [3.8, 4) is 11.4 Å². The van der Waals surface area contributed by atoms with E-state index >= 15 is 0 Å². The molecule has 0 amide bonds. The van der Waals surface area contributed by atoms with Crippen molar-refractivity contribution in [2.45, 2.75) is 19.3 Å². The molecule has 1 aromatic carbocycles. The number of furan rings is 1. The molecule has 114 valence electrons. The third-order valence-electron chi connectivity index (χ3n) is 3.10. The number of aliphatic hydroxyl groups is 1. The highest BCUT2D eigenvalue weighted by Gasteiger charge is 2.09. The van der Waals surface area contributed by atoms with Gasteiger partial charge in [-0.2, -0.15) is 5.10 Å². The predicted octanol–water partition coefficient (Wildman–Crippen LogP) is 2.12. The molecule has 0 bridgehead atoms. The fourth-order valence-corrected chi connectivity index (χ4v) is 2.06. The molecular formula is C16H17N3O3. The molecule has 0 spiro atoms. The van der Waals surface area contributed by atoms with Crippen LogP contribution in [0.2, 0.25) is 0 Å². The fourth-order valence-electron chi connectivity index (χ4n) is 2.06. The Morgan fingerprint density at radius 3 is 2.82 bits per heavy atom. The Morgan fingerprint density at radius 2 is 2.05 bits per heavy atom. The summed E-state index contributed by atoms with van der Waals surface area (Å²) in [5, 5.41) is 14.3. The lowest BCUT2D eigenvalue weighted by Crippen LogP contribution is -2.22. The number of benzene rings is 1. The van der Waals surface area contributed by atoms with Crippen LogP contribution in [-0.2, 0) is 17.9 Å². The van der Waals surface area contributed by atoms with E-state index in [4.69, 9.17) is 9.15 Å². The lowest BCUT2D eigenvalue weighted by molar-refractivity contribution is 0.0131. The van der Waals surface area contributed by atoms with Crippen LogP contribution in [0, 0.1) is 0 Å². The van der Waals surface area contributed by atoms with Gasteiger partial charge in [0.15, 0.2) is 5.82 Å². The summed E-state index contributed by atoms with van der Waals surface area (Å²) >= 11 is 0. The molecule has 0 aliphatic rings. The van der Waals surface area contributed by atoms with Gasteiger partial charge in [0.25, 0.3) is 0 Å². The average Bonchev–Trinajstić information content (AvgIpc) is 3.20. The van der Waals surface area contributed by atoms with Crippen molar-refractivity contribution in [1.82, 2.24) is 14.8 Å². The molecule has 6 heteroatoms. The van der Waals surface area contributed by atoms with Gasteiger partial charge < -0.3 is 14.3 Å². The molecule has 0 fully saturated rings. The summed E-state index contributed by atoms with van der Waals surface area (Å²) in [4.78, 5) is 4.25. The Bertz CT molecular complexity index is 680. The minimum atomic E-state index is -0.653. The molecule has 3 rings (SSSR count). The molecule has 0 saturated carbocycles. The van der Waals surface area contributed by atoms with E-state index in [2.05, 4.69) is 10.1 Å². The number of nitrogens with zero attached hydrogens (tertiary/aromatic N) is 3. The zero-order chi connectivity index (χ0) is 15.2. The van der Waals surface area contributed by atoms with Crippen LogP contribution in [0.25, 0.3) is 11.4 Å². The van der Waals surface area contributed by atoms with Crippen LogP contribution in [-0.4, -0.2) is 32.6 Å². The van der Waals surface area contributed by atoms with E-state index in [1.807, 2.05) is 36.4 Å². The predicted molar refractivity (Wildman–Crippen MR) is 79.8 cm³/mol. The molecule has 3 aromatic rings. The molecule has 2 heterocycles. The van der Waals surface area contributed by atoms with Gasteiger partial charge in [0.2, 0.25) is 0 Å². The maximum atomic E-state index is 9.97. The number of rotatable bonds is 7. The highest BCUT2D eigenvalue weighted by molar-refractivity contribution is 5.53. The summed E-state index contributed by atoms with van der Waals surface area (Å²) in [6, 6.07) is 13.3. The van der Waals surface area contributed by atoms with Crippen LogP contribution < -0.4 is 0 Å². The van der Waals surface area contributed by atoms with Crippen molar-refractivity contribution < 1.29 is 14.3 Å². The second kappa shape index (κ2) is 7.02. The quantitative estimate of drug-likeness (QED) is 0.723. The molecule has 0 radical (unpaired) electrons. The number of aromatic nitrogens is 3. The molecule has 0 aliphatic heterocycles. The molecule has 22 heavy (non-hydrogen) atoms. The number of hydrogen-bond donors (Lipinski definition) is 1. The van der Waals surface area contributed by atoms with E-state index in [9.17, 15) is 5.11 Å². The van der Waals surface area contributed by atoms with Gasteiger partial charge in [-0.1, -0.05) is 30.3 Å². The van der Waals surface area contributed by atoms with Crippen LogP contribution in [0.15, 0.2) is 59.5 Å². The minimum Gasteiger partial charge on any atom is -0.467 e. The van der Waals surface area contributed by atoms with E-state index in [-0.39, 0.29) is 6.61 Å². The Hall–Kier alpha value is -2.44. The van der Waals surface area contributed by atoms with Gasteiger partial charge in [0, 0.05) is 5.56 Å². The van der Waals surface area contributed by atoms with Gasteiger partial charge in [-0.25, -0.2) is 9.67 Å². The molecule has 1 atom stereocenters. The van der Waals surface area contributed by atoms with Crippen molar-refractivity contribution in [3.63, 3.8) is 0 Å². The molecule has 1 N–H and O–H groups in total. The first kappa shape index (κ1) is 14.5. The molecular weight excluding hydrogens is 282 g/mol. The van der Waals surface area contributed by atoms with Crippen LogP contribution in [0.3, 0.4) is 0 Å². The Labute approximate surface area is 128 Å². The number of hydrogen-bond acceptors (Lipinski definition) is 5. The van der Waals surface area contributed by atoms with Crippen LogP contribution >= 0.6 is 0 Å². The molecule has 6 nitrogen and oxygen atoms in total. The van der Waals surface area contributed by atoms with E-state index in [1.54, 1.807) is 23.3 Å². The standard InChI is InChI=1S/C16H17N3O3/c20-14(10-21-11-15-7-4-8-22-15)9-19-12-17-16(18-19)13-5-2-1-3-6-13/h1-8,12,14,20H,9-11H2. The van der Waals surface area contributed by atoms with Crippen LogP contribution in [0.1, 0.15) is 5.76 Å². The van der Waals surface area contributed by atoms with Crippen LogP contribution in [0.4, 0.5) is 0 Å². The Kier molecular flexibility index (Phi) is 4.62. The number of ether oxygens (including phenoxy) is 1. The van der Waals surface area contributed by atoms with Crippen LogP contribution in [0.5, 0.6) is 0 Å². The summed E-state index contributed by atoms with van der Waals surface area (Å²) < 4.78 is 12.2. The SMILES string of the molecule is OC(COCc1ccco1)Cn1cnc(-c2ccccc2)n1. The Balaban J connectivity index is 1.49. The fraction of sp³-hybridized carbons (Fsp3) is 0.250. The van der Waals surface area contributed by atoms with Crippen molar-refractivity contribution in [2.75, 3.05) is 6.61 Å². The maximum absolute atomic E-state index is 9.97. The molecule has 2 aromatic heterocycles. The van der Waals surface area contributed by atoms with E-state index in [1.165, 1.54) is 0 Å². The van der Waals surface area contributed by atoms with Gasteiger partial charge in [-0.3, -0.25) is 0 Å². The summed E-state index contributed by atoms with van der Waals surface area (Å²) in [6.45, 7) is 0.885. The van der Waals surface area contributed by atoms with Gasteiger partial charge in [0.05, 0.1) is 25.5 Å². The van der Waals surface area contributed by atoms with Crippen molar-refractivity contribution >= 4 is 0 Å². The minimum absolute atomic E-state index is 0.210. The summed E-state index contributed by atoms with van der Waals surface area (Å²) in [7, 11) is 0. The summed E-state index contributed by atoms with van der Waals surface area (Å²) in [6.07, 6.45) is 2.55. The van der Waals surface area contributed by atoms with Crippen molar-refractivity contribution in [2.24, 2.45) is 0 Å². The van der Waals surface area contributed by atoms with E-state index < -0.39 is 6.10 Å². The maximum Gasteiger partial charge on any atom is 0.181 e. The molecule has 0 saturated heterocycles. The third kappa shape index (κ3) is 3.81. The monoisotopic (exact) mass is 299 g/mol. The first-order chi connectivity index (χ1) is 10.8. The zero-order valence-corrected chi connectivity index (χ0v) is 12.0. The van der Waals surface area contributed by atoms with Gasteiger partial charge >= 0.3 is 0 Å². The summed E-state index contributed by atoms with van der Waals surface area (Å²) in [5.41, 5.74) is 0.949. The smallest absolute Gasteiger partial charge is 0.181 e. The lowest BCUT2D eigenvalue weighted by atomic mass is 10.2. The van der Waals surface area contributed by atoms with E-state index in [0.29, 0.717) is 19.0 Å². The van der Waals surface area contributed by atoms with Crippen molar-refractivity contribution in [1.29, 1.82) is 0 Å².